The van der Waals surface area contributed by atoms with Gasteiger partial charge in [0.15, 0.2) is 5.82 Å². The Morgan fingerprint density at radius 2 is 2.21 bits per heavy atom. The van der Waals surface area contributed by atoms with Crippen LogP contribution in [0.3, 0.4) is 0 Å². The summed E-state index contributed by atoms with van der Waals surface area (Å²) in [7, 11) is 0. The lowest BCUT2D eigenvalue weighted by molar-refractivity contribution is -0.136. The number of carbonyl (C=O) groups is 3. The molecule has 28 heavy (non-hydrogen) atoms. The molecular formula is C18H21N7O3. The molecule has 0 bridgehead atoms. The van der Waals surface area contributed by atoms with Gasteiger partial charge >= 0.3 is 6.03 Å². The molecule has 1 aliphatic heterocycles. The number of rotatable bonds is 4. The van der Waals surface area contributed by atoms with E-state index in [2.05, 4.69) is 25.7 Å². The number of anilines is 1. The first-order chi connectivity index (χ1) is 13.5. The highest BCUT2D eigenvalue weighted by molar-refractivity contribution is 6.10. The first-order valence-corrected chi connectivity index (χ1v) is 9.24. The smallest absolute Gasteiger partial charge is 0.323 e. The molecule has 0 unspecified atom stereocenters. The molecule has 2 atom stereocenters. The summed E-state index contributed by atoms with van der Waals surface area (Å²) in [4.78, 5) is 46.7. The number of hydrogen-bond acceptors (Lipinski definition) is 6. The second kappa shape index (κ2) is 7.02. The minimum absolute atomic E-state index is 0.0549. The second-order valence-corrected chi connectivity index (χ2v) is 7.23. The zero-order valence-corrected chi connectivity index (χ0v) is 15.5. The Hall–Kier alpha value is -3.30. The molecule has 2 aromatic heterocycles. The summed E-state index contributed by atoms with van der Waals surface area (Å²) in [6.07, 6.45) is 7.83. The van der Waals surface area contributed by atoms with Crippen molar-refractivity contribution in [2.45, 2.75) is 38.1 Å². The van der Waals surface area contributed by atoms with Gasteiger partial charge in [-0.15, -0.1) is 0 Å². The number of nitrogens with one attached hydrogen (secondary N) is 2. The van der Waals surface area contributed by atoms with Crippen molar-refractivity contribution < 1.29 is 14.4 Å². The largest absolute Gasteiger partial charge is 0.325 e. The first-order valence-electron chi connectivity index (χ1n) is 9.24. The minimum atomic E-state index is -0.864. The highest BCUT2D eigenvalue weighted by Gasteiger charge is 2.55. The maximum atomic E-state index is 12.9. The predicted molar refractivity (Wildman–Crippen MR) is 98.4 cm³/mol. The second-order valence-electron chi connectivity index (χ2n) is 7.23. The molecule has 146 valence electrons. The Morgan fingerprint density at radius 1 is 1.36 bits per heavy atom. The van der Waals surface area contributed by atoms with Gasteiger partial charge in [-0.1, -0.05) is 19.8 Å². The zero-order valence-electron chi connectivity index (χ0n) is 15.5. The van der Waals surface area contributed by atoms with Crippen molar-refractivity contribution in [3.8, 4) is 5.82 Å². The summed E-state index contributed by atoms with van der Waals surface area (Å²) in [5.41, 5.74) is -0.405. The van der Waals surface area contributed by atoms with Gasteiger partial charge in [0.1, 0.15) is 24.7 Å². The van der Waals surface area contributed by atoms with E-state index >= 15 is 0 Å². The number of pyridine rings is 1. The van der Waals surface area contributed by atoms with Gasteiger partial charge in [0.2, 0.25) is 5.91 Å². The standard InChI is InChI=1S/C18H21N7O3/c1-12-4-2-3-7-18(12)16(27)24(17(28)23-18)9-15(26)22-13-5-6-14(20-8-13)25-11-19-10-21-25/h5-6,8,10-12H,2-4,7,9H2,1H3,(H,22,26)(H,23,28)/t12-,18-/m0/s1. The van der Waals surface area contributed by atoms with E-state index in [9.17, 15) is 14.4 Å². The van der Waals surface area contributed by atoms with Gasteiger partial charge in [0, 0.05) is 0 Å². The van der Waals surface area contributed by atoms with Crippen LogP contribution in [0, 0.1) is 5.92 Å². The van der Waals surface area contributed by atoms with Gasteiger partial charge in [0.25, 0.3) is 5.91 Å². The maximum absolute atomic E-state index is 12.9. The van der Waals surface area contributed by atoms with Crippen LogP contribution < -0.4 is 10.6 Å². The fourth-order valence-corrected chi connectivity index (χ4v) is 3.91. The molecule has 1 saturated carbocycles. The van der Waals surface area contributed by atoms with Crippen molar-refractivity contribution in [1.29, 1.82) is 0 Å². The predicted octanol–water partition coefficient (Wildman–Crippen LogP) is 1.10. The van der Waals surface area contributed by atoms with Crippen molar-refractivity contribution in [3.05, 3.63) is 31.0 Å². The fraction of sp³-hybridized carbons (Fsp3) is 0.444. The molecule has 10 nitrogen and oxygen atoms in total. The Kier molecular flexibility index (Phi) is 4.54. The quantitative estimate of drug-likeness (QED) is 0.763. The highest BCUT2D eigenvalue weighted by atomic mass is 16.2. The van der Waals surface area contributed by atoms with E-state index in [0.717, 1.165) is 24.2 Å². The molecule has 10 heteroatoms. The molecule has 4 rings (SSSR count). The molecule has 0 radical (unpaired) electrons. The topological polar surface area (TPSA) is 122 Å². The molecular weight excluding hydrogens is 362 g/mol. The van der Waals surface area contributed by atoms with Gasteiger partial charge in [0.05, 0.1) is 11.9 Å². The summed E-state index contributed by atoms with van der Waals surface area (Å²) < 4.78 is 1.49. The molecule has 2 N–H and O–H groups in total. The van der Waals surface area contributed by atoms with Crippen LogP contribution in [-0.2, 0) is 9.59 Å². The van der Waals surface area contributed by atoms with Gasteiger partial charge in [-0.05, 0) is 30.9 Å². The van der Waals surface area contributed by atoms with E-state index in [1.807, 2.05) is 6.92 Å². The minimum Gasteiger partial charge on any atom is -0.323 e. The fourth-order valence-electron chi connectivity index (χ4n) is 3.91. The number of nitrogens with zero attached hydrogens (tertiary/aromatic N) is 5. The van der Waals surface area contributed by atoms with E-state index < -0.39 is 17.5 Å². The molecule has 1 spiro atoms. The average molecular weight is 383 g/mol. The van der Waals surface area contributed by atoms with Gasteiger partial charge in [-0.25, -0.2) is 19.4 Å². The third-order valence-corrected chi connectivity index (χ3v) is 5.49. The molecule has 3 heterocycles. The Labute approximate surface area is 161 Å². The molecule has 2 aromatic rings. The Morgan fingerprint density at radius 3 is 2.89 bits per heavy atom. The summed E-state index contributed by atoms with van der Waals surface area (Å²) >= 11 is 0. The van der Waals surface area contributed by atoms with Crippen LogP contribution in [0.15, 0.2) is 31.0 Å². The van der Waals surface area contributed by atoms with Crippen LogP contribution in [0.25, 0.3) is 5.82 Å². The summed E-state index contributed by atoms with van der Waals surface area (Å²) in [5.74, 6) is -0.157. The van der Waals surface area contributed by atoms with Gasteiger partial charge in [-0.2, -0.15) is 5.10 Å². The molecule has 1 aliphatic carbocycles. The van der Waals surface area contributed by atoms with Gasteiger partial charge in [-0.3, -0.25) is 14.5 Å². The van der Waals surface area contributed by atoms with E-state index in [1.165, 1.54) is 23.5 Å². The molecule has 4 amide bonds. The zero-order chi connectivity index (χ0) is 19.7. The van der Waals surface area contributed by atoms with E-state index in [4.69, 9.17) is 0 Å². The van der Waals surface area contributed by atoms with E-state index in [1.54, 1.807) is 12.1 Å². The van der Waals surface area contributed by atoms with Crippen molar-refractivity contribution in [3.63, 3.8) is 0 Å². The number of aromatic nitrogens is 4. The SMILES string of the molecule is C[C@H]1CCCC[C@]12NC(=O)N(CC(=O)Nc1ccc(-n3cncn3)nc1)C2=O. The van der Waals surface area contributed by atoms with Crippen LogP contribution >= 0.6 is 0 Å². The monoisotopic (exact) mass is 383 g/mol. The number of urea groups is 1. The Balaban J connectivity index is 1.41. The van der Waals surface area contributed by atoms with E-state index in [-0.39, 0.29) is 18.4 Å². The molecule has 1 saturated heterocycles. The van der Waals surface area contributed by atoms with Crippen molar-refractivity contribution in [2.24, 2.45) is 5.92 Å². The number of carbonyl (C=O) groups excluding carboxylic acids is 3. The van der Waals surface area contributed by atoms with Crippen molar-refractivity contribution in [1.82, 2.24) is 30.0 Å². The summed E-state index contributed by atoms with van der Waals surface area (Å²) in [6, 6.07) is 2.84. The molecule has 2 aliphatic rings. The molecule has 2 fully saturated rings. The molecule has 0 aromatic carbocycles. The van der Waals surface area contributed by atoms with Crippen molar-refractivity contribution >= 4 is 23.5 Å². The highest BCUT2D eigenvalue weighted by Crippen LogP contribution is 2.38. The third kappa shape index (κ3) is 3.10. The van der Waals surface area contributed by atoms with Crippen LogP contribution in [-0.4, -0.2) is 54.6 Å². The average Bonchev–Trinajstić information content (AvgIpc) is 3.29. The van der Waals surface area contributed by atoms with Crippen molar-refractivity contribution in [2.75, 3.05) is 11.9 Å². The summed E-state index contributed by atoms with van der Waals surface area (Å²) in [6.45, 7) is 1.65. The lowest BCUT2D eigenvalue weighted by atomic mass is 9.73. The lowest BCUT2D eigenvalue weighted by Gasteiger charge is -2.36. The van der Waals surface area contributed by atoms with Crippen LogP contribution in [0.4, 0.5) is 10.5 Å². The van der Waals surface area contributed by atoms with Gasteiger partial charge < -0.3 is 10.6 Å². The number of imide groups is 1. The first kappa shape index (κ1) is 18.1. The van der Waals surface area contributed by atoms with Crippen LogP contribution in [0.2, 0.25) is 0 Å². The number of amides is 4. The lowest BCUT2D eigenvalue weighted by Crippen LogP contribution is -2.54. The Bertz CT molecular complexity index is 896. The third-order valence-electron chi connectivity index (χ3n) is 5.49. The summed E-state index contributed by atoms with van der Waals surface area (Å²) in [5, 5.41) is 9.48. The van der Waals surface area contributed by atoms with Crippen LogP contribution in [0.5, 0.6) is 0 Å². The van der Waals surface area contributed by atoms with Crippen LogP contribution in [0.1, 0.15) is 32.6 Å². The normalized spacial score (nSPS) is 24.5. The van der Waals surface area contributed by atoms with E-state index in [0.29, 0.717) is 17.9 Å². The maximum Gasteiger partial charge on any atom is 0.325 e. The number of hydrogen-bond donors (Lipinski definition) is 2.